The van der Waals surface area contributed by atoms with Gasteiger partial charge in [-0.05, 0) is 49.2 Å². The summed E-state index contributed by atoms with van der Waals surface area (Å²) in [5.41, 5.74) is 0.368. The highest BCUT2D eigenvalue weighted by atomic mass is 16.5. The number of amides is 3. The normalized spacial score (nSPS) is 14.2. The van der Waals surface area contributed by atoms with Crippen molar-refractivity contribution in [2.24, 2.45) is 0 Å². The van der Waals surface area contributed by atoms with Crippen LogP contribution in [0.25, 0.3) is 0 Å². The summed E-state index contributed by atoms with van der Waals surface area (Å²) >= 11 is 0. The molecule has 0 radical (unpaired) electrons. The van der Waals surface area contributed by atoms with Crippen LogP contribution >= 0.6 is 0 Å². The Morgan fingerprint density at radius 1 is 1.00 bits per heavy atom. The quantitative estimate of drug-likeness (QED) is 0.442. The second-order valence-electron chi connectivity index (χ2n) is 8.37. The minimum Gasteiger partial charge on any atom is -0.493 e. The lowest BCUT2D eigenvalue weighted by atomic mass is 10.1. The van der Waals surface area contributed by atoms with Gasteiger partial charge in [0, 0.05) is 17.8 Å². The van der Waals surface area contributed by atoms with E-state index in [1.54, 1.807) is 36.4 Å². The molecule has 0 bridgehead atoms. The Kier molecular flexibility index (Phi) is 7.94. The molecule has 190 valence electrons. The van der Waals surface area contributed by atoms with Crippen LogP contribution in [-0.2, 0) is 9.59 Å². The van der Waals surface area contributed by atoms with E-state index in [0.29, 0.717) is 17.2 Å². The van der Waals surface area contributed by atoms with Gasteiger partial charge >= 0.3 is 0 Å². The Morgan fingerprint density at radius 2 is 1.72 bits per heavy atom. The molecule has 1 aromatic carbocycles. The minimum atomic E-state index is -1.12. The van der Waals surface area contributed by atoms with Crippen molar-refractivity contribution in [3.8, 4) is 11.5 Å². The number of hydrogen-bond donors (Lipinski definition) is 2. The molecule has 3 aromatic rings. The fourth-order valence-electron chi connectivity index (χ4n) is 4.32. The zero-order valence-corrected chi connectivity index (χ0v) is 20.2. The Morgan fingerprint density at radius 3 is 2.36 bits per heavy atom. The van der Waals surface area contributed by atoms with Crippen LogP contribution in [0.15, 0.2) is 63.8 Å². The third-order valence-corrected chi connectivity index (χ3v) is 6.08. The fourth-order valence-corrected chi connectivity index (χ4v) is 4.32. The number of anilines is 1. The third kappa shape index (κ3) is 5.54. The minimum absolute atomic E-state index is 0.0240. The van der Waals surface area contributed by atoms with Crippen molar-refractivity contribution < 1.29 is 32.7 Å². The molecular formula is C26H29N3O7. The summed E-state index contributed by atoms with van der Waals surface area (Å²) in [4.78, 5) is 40.9. The molecule has 10 heteroatoms. The lowest BCUT2D eigenvalue weighted by Crippen LogP contribution is -2.49. The first-order valence-corrected chi connectivity index (χ1v) is 11.7. The average Bonchev–Trinajstić information content (AvgIpc) is 3.69. The summed E-state index contributed by atoms with van der Waals surface area (Å²) in [6.45, 7) is -0.387. The summed E-state index contributed by atoms with van der Waals surface area (Å²) < 4.78 is 21.5. The fraction of sp³-hybridized carbons (Fsp3) is 0.346. The molecule has 2 heterocycles. The van der Waals surface area contributed by atoms with Crippen LogP contribution in [-0.4, -0.2) is 44.5 Å². The highest BCUT2D eigenvalue weighted by Crippen LogP contribution is 2.36. The standard InChI is InChI=1S/C26H29N3O7/c1-33-19-12-11-18(15-22(19)34-2)29(23(30)16-27-25(31)21-10-6-14-36-21)24(20-9-5-13-35-20)26(32)28-17-7-3-4-8-17/h5-6,9-15,17,24H,3-4,7-8,16H2,1-2H3,(H,27,31)(H,28,32)/t24-/m0/s1. The van der Waals surface area contributed by atoms with Crippen LogP contribution in [0.2, 0.25) is 0 Å². The second kappa shape index (κ2) is 11.5. The molecule has 2 N–H and O–H groups in total. The lowest BCUT2D eigenvalue weighted by molar-refractivity contribution is -0.127. The van der Waals surface area contributed by atoms with Crippen LogP contribution in [0.1, 0.15) is 48.0 Å². The van der Waals surface area contributed by atoms with Gasteiger partial charge in [-0.15, -0.1) is 0 Å². The van der Waals surface area contributed by atoms with E-state index in [-0.39, 0.29) is 30.0 Å². The van der Waals surface area contributed by atoms with Gasteiger partial charge in [0.2, 0.25) is 5.91 Å². The predicted octanol–water partition coefficient (Wildman–Crippen LogP) is 3.45. The van der Waals surface area contributed by atoms with Crippen molar-refractivity contribution >= 4 is 23.4 Å². The molecule has 36 heavy (non-hydrogen) atoms. The summed E-state index contributed by atoms with van der Waals surface area (Å²) in [7, 11) is 2.99. The summed E-state index contributed by atoms with van der Waals surface area (Å²) in [6.07, 6.45) is 6.63. The van der Waals surface area contributed by atoms with E-state index in [1.807, 2.05) is 0 Å². The van der Waals surface area contributed by atoms with Crippen molar-refractivity contribution in [1.82, 2.24) is 10.6 Å². The van der Waals surface area contributed by atoms with Gasteiger partial charge in [-0.3, -0.25) is 19.3 Å². The number of benzene rings is 1. The molecular weight excluding hydrogens is 466 g/mol. The molecule has 1 saturated carbocycles. The number of carbonyl (C=O) groups excluding carboxylic acids is 3. The SMILES string of the molecule is COc1ccc(N(C(=O)CNC(=O)c2ccco2)[C@H](C(=O)NC2CCCC2)c2ccco2)cc1OC. The van der Waals surface area contributed by atoms with Gasteiger partial charge < -0.3 is 28.9 Å². The van der Waals surface area contributed by atoms with Crippen LogP contribution in [0, 0.1) is 0 Å². The van der Waals surface area contributed by atoms with Crippen molar-refractivity contribution in [3.05, 3.63) is 66.5 Å². The number of methoxy groups -OCH3 is 2. The smallest absolute Gasteiger partial charge is 0.287 e. The Bertz CT molecular complexity index is 1170. The number of nitrogens with zero attached hydrogens (tertiary/aromatic N) is 1. The Hall–Kier alpha value is -4.21. The number of rotatable bonds is 10. The van der Waals surface area contributed by atoms with E-state index in [4.69, 9.17) is 18.3 Å². The molecule has 3 amide bonds. The third-order valence-electron chi connectivity index (χ3n) is 6.08. The highest BCUT2D eigenvalue weighted by Gasteiger charge is 2.36. The maximum Gasteiger partial charge on any atom is 0.287 e. The van der Waals surface area contributed by atoms with E-state index < -0.39 is 17.9 Å². The first-order chi connectivity index (χ1) is 17.5. The van der Waals surface area contributed by atoms with E-state index in [0.717, 1.165) is 25.7 Å². The van der Waals surface area contributed by atoms with Gasteiger partial charge in [-0.25, -0.2) is 0 Å². The van der Waals surface area contributed by atoms with Gasteiger partial charge in [0.25, 0.3) is 11.8 Å². The van der Waals surface area contributed by atoms with Crippen molar-refractivity contribution in [2.75, 3.05) is 25.7 Å². The van der Waals surface area contributed by atoms with E-state index in [2.05, 4.69) is 10.6 Å². The molecule has 1 aliphatic rings. The van der Waals surface area contributed by atoms with Crippen LogP contribution in [0.5, 0.6) is 11.5 Å². The monoisotopic (exact) mass is 495 g/mol. The van der Waals surface area contributed by atoms with Crippen molar-refractivity contribution in [3.63, 3.8) is 0 Å². The first kappa shape index (κ1) is 24.9. The molecule has 0 aliphatic heterocycles. The molecule has 1 fully saturated rings. The molecule has 2 aromatic heterocycles. The number of nitrogens with one attached hydrogen (secondary N) is 2. The maximum atomic E-state index is 13.6. The summed E-state index contributed by atoms with van der Waals surface area (Å²) in [6, 6.07) is 10.2. The zero-order chi connectivity index (χ0) is 25.5. The summed E-state index contributed by atoms with van der Waals surface area (Å²) in [5.74, 6) is -0.271. The van der Waals surface area contributed by atoms with Gasteiger partial charge in [-0.1, -0.05) is 12.8 Å². The van der Waals surface area contributed by atoms with E-state index in [9.17, 15) is 14.4 Å². The van der Waals surface area contributed by atoms with Crippen LogP contribution in [0.4, 0.5) is 5.69 Å². The van der Waals surface area contributed by atoms with E-state index >= 15 is 0 Å². The molecule has 0 spiro atoms. The van der Waals surface area contributed by atoms with Gasteiger partial charge in [0.1, 0.15) is 5.76 Å². The van der Waals surface area contributed by atoms with Crippen LogP contribution in [0.3, 0.4) is 0 Å². The van der Waals surface area contributed by atoms with Crippen LogP contribution < -0.4 is 25.0 Å². The number of carbonyl (C=O) groups is 3. The zero-order valence-electron chi connectivity index (χ0n) is 20.2. The largest absolute Gasteiger partial charge is 0.493 e. The Balaban J connectivity index is 1.69. The predicted molar refractivity (Wildman–Crippen MR) is 130 cm³/mol. The lowest BCUT2D eigenvalue weighted by Gasteiger charge is -2.31. The molecule has 4 rings (SSSR count). The molecule has 10 nitrogen and oxygen atoms in total. The molecule has 1 atom stereocenters. The molecule has 1 aliphatic carbocycles. The highest BCUT2D eigenvalue weighted by molar-refractivity contribution is 6.04. The van der Waals surface area contributed by atoms with Crippen molar-refractivity contribution in [2.45, 2.75) is 37.8 Å². The Labute approximate surface area is 208 Å². The maximum absolute atomic E-state index is 13.6. The van der Waals surface area contributed by atoms with E-state index in [1.165, 1.54) is 37.7 Å². The molecule has 0 unspecified atom stereocenters. The number of ether oxygens (including phenoxy) is 2. The second-order valence-corrected chi connectivity index (χ2v) is 8.37. The molecule has 0 saturated heterocycles. The number of hydrogen-bond acceptors (Lipinski definition) is 7. The number of furan rings is 2. The van der Waals surface area contributed by atoms with Gasteiger partial charge in [0.15, 0.2) is 23.3 Å². The van der Waals surface area contributed by atoms with Gasteiger partial charge in [0.05, 0.1) is 33.3 Å². The first-order valence-electron chi connectivity index (χ1n) is 11.7. The van der Waals surface area contributed by atoms with Gasteiger partial charge in [-0.2, -0.15) is 0 Å². The topological polar surface area (TPSA) is 123 Å². The average molecular weight is 496 g/mol. The van der Waals surface area contributed by atoms with Crippen molar-refractivity contribution in [1.29, 1.82) is 0 Å². The summed E-state index contributed by atoms with van der Waals surface area (Å²) in [5, 5.41) is 5.62.